The van der Waals surface area contributed by atoms with Crippen molar-refractivity contribution in [2.75, 3.05) is 13.7 Å². The number of halogens is 1. The Morgan fingerprint density at radius 3 is 2.67 bits per heavy atom. The van der Waals surface area contributed by atoms with Gasteiger partial charge in [0.15, 0.2) is 0 Å². The average Bonchev–Trinajstić information content (AvgIpc) is 2.73. The van der Waals surface area contributed by atoms with Crippen molar-refractivity contribution in [3.63, 3.8) is 0 Å². The van der Waals surface area contributed by atoms with E-state index in [0.29, 0.717) is 18.2 Å². The van der Waals surface area contributed by atoms with Crippen molar-refractivity contribution in [1.82, 2.24) is 9.78 Å². The van der Waals surface area contributed by atoms with E-state index in [0.717, 1.165) is 23.3 Å². The number of rotatable bonds is 5. The predicted octanol–water partition coefficient (Wildman–Crippen LogP) is 2.09. The van der Waals surface area contributed by atoms with E-state index in [1.54, 1.807) is 18.0 Å². The maximum Gasteiger partial charge on any atom is 0.130 e. The van der Waals surface area contributed by atoms with Crippen LogP contribution in [0.2, 0.25) is 5.15 Å². The molecule has 0 fully saturated rings. The van der Waals surface area contributed by atoms with Crippen LogP contribution in [0.5, 0.6) is 5.75 Å². The Bertz CT molecular complexity index is 507. The van der Waals surface area contributed by atoms with E-state index in [9.17, 15) is 0 Å². The molecule has 0 bridgehead atoms. The zero-order valence-corrected chi connectivity index (χ0v) is 11.0. The van der Waals surface area contributed by atoms with Crippen LogP contribution in [0, 0.1) is 0 Å². The van der Waals surface area contributed by atoms with Gasteiger partial charge in [-0.05, 0) is 30.7 Å². The first-order valence-electron chi connectivity index (χ1n) is 5.77. The molecule has 0 aliphatic rings. The monoisotopic (exact) mass is 265 g/mol. The third-order valence-electron chi connectivity index (χ3n) is 2.75. The highest BCUT2D eigenvalue weighted by Crippen LogP contribution is 2.18. The van der Waals surface area contributed by atoms with Gasteiger partial charge in [-0.2, -0.15) is 5.10 Å². The Balaban J connectivity index is 2.12. The van der Waals surface area contributed by atoms with Crippen LogP contribution in [0.25, 0.3) is 0 Å². The standard InChI is InChI=1S/C13H16ClN3O/c1-18-12-4-2-10(3-5-12)9-17-13(14)11(6-7-15)8-16-17/h2-5,8H,6-7,9,15H2,1H3. The van der Waals surface area contributed by atoms with Crippen LogP contribution in [-0.4, -0.2) is 23.4 Å². The molecule has 2 aromatic rings. The summed E-state index contributed by atoms with van der Waals surface area (Å²) >= 11 is 6.23. The van der Waals surface area contributed by atoms with Gasteiger partial charge < -0.3 is 10.5 Å². The van der Waals surface area contributed by atoms with Crippen molar-refractivity contribution < 1.29 is 4.74 Å². The molecule has 0 aliphatic carbocycles. The molecule has 0 unspecified atom stereocenters. The minimum atomic E-state index is 0.577. The van der Waals surface area contributed by atoms with Gasteiger partial charge in [0.05, 0.1) is 19.9 Å². The molecule has 0 saturated heterocycles. The molecule has 0 saturated carbocycles. The summed E-state index contributed by atoms with van der Waals surface area (Å²) in [4.78, 5) is 0. The van der Waals surface area contributed by atoms with Crippen LogP contribution >= 0.6 is 11.6 Å². The van der Waals surface area contributed by atoms with Gasteiger partial charge in [-0.3, -0.25) is 0 Å². The van der Waals surface area contributed by atoms with Gasteiger partial charge in [0, 0.05) is 5.56 Å². The van der Waals surface area contributed by atoms with Gasteiger partial charge in [-0.15, -0.1) is 0 Å². The molecule has 2 N–H and O–H groups in total. The highest BCUT2D eigenvalue weighted by molar-refractivity contribution is 6.30. The molecule has 0 radical (unpaired) electrons. The van der Waals surface area contributed by atoms with E-state index in [-0.39, 0.29) is 0 Å². The van der Waals surface area contributed by atoms with Crippen LogP contribution in [0.15, 0.2) is 30.5 Å². The molecule has 4 nitrogen and oxygen atoms in total. The molecule has 18 heavy (non-hydrogen) atoms. The first-order chi connectivity index (χ1) is 8.74. The van der Waals surface area contributed by atoms with E-state index < -0.39 is 0 Å². The van der Waals surface area contributed by atoms with Crippen molar-refractivity contribution in [2.45, 2.75) is 13.0 Å². The second kappa shape index (κ2) is 5.89. The summed E-state index contributed by atoms with van der Waals surface area (Å²) in [6.07, 6.45) is 2.53. The zero-order valence-electron chi connectivity index (χ0n) is 10.3. The first kappa shape index (κ1) is 12.9. The van der Waals surface area contributed by atoms with E-state index in [2.05, 4.69) is 5.10 Å². The molecule has 5 heteroatoms. The van der Waals surface area contributed by atoms with Gasteiger partial charge in [0.25, 0.3) is 0 Å². The van der Waals surface area contributed by atoms with E-state index in [1.807, 2.05) is 24.3 Å². The summed E-state index contributed by atoms with van der Waals surface area (Å²) in [6, 6.07) is 7.85. The third-order valence-corrected chi connectivity index (χ3v) is 3.19. The molecule has 1 aromatic heterocycles. The molecular formula is C13H16ClN3O. The van der Waals surface area contributed by atoms with Crippen LogP contribution in [0.1, 0.15) is 11.1 Å². The lowest BCUT2D eigenvalue weighted by Gasteiger charge is -2.05. The van der Waals surface area contributed by atoms with Crippen LogP contribution in [-0.2, 0) is 13.0 Å². The van der Waals surface area contributed by atoms with Crippen molar-refractivity contribution in [3.05, 3.63) is 46.7 Å². The molecule has 1 heterocycles. The SMILES string of the molecule is COc1ccc(Cn2ncc(CCN)c2Cl)cc1. The van der Waals surface area contributed by atoms with Gasteiger partial charge >= 0.3 is 0 Å². The van der Waals surface area contributed by atoms with E-state index in [1.165, 1.54) is 0 Å². The highest BCUT2D eigenvalue weighted by atomic mass is 35.5. The number of methoxy groups -OCH3 is 1. The van der Waals surface area contributed by atoms with Gasteiger partial charge in [0.1, 0.15) is 10.9 Å². The predicted molar refractivity (Wildman–Crippen MR) is 72.1 cm³/mol. The molecule has 0 amide bonds. The fraction of sp³-hybridized carbons (Fsp3) is 0.308. The van der Waals surface area contributed by atoms with Gasteiger partial charge in [-0.1, -0.05) is 23.7 Å². The lowest BCUT2D eigenvalue weighted by Crippen LogP contribution is -2.04. The fourth-order valence-corrected chi connectivity index (χ4v) is 1.99. The summed E-state index contributed by atoms with van der Waals surface area (Å²) in [7, 11) is 1.65. The average molecular weight is 266 g/mol. The van der Waals surface area contributed by atoms with Crippen molar-refractivity contribution >= 4 is 11.6 Å². The fourth-order valence-electron chi connectivity index (χ4n) is 1.75. The smallest absolute Gasteiger partial charge is 0.130 e. The Morgan fingerprint density at radius 2 is 2.06 bits per heavy atom. The normalized spacial score (nSPS) is 10.6. The number of nitrogens with two attached hydrogens (primary N) is 1. The van der Waals surface area contributed by atoms with Crippen LogP contribution in [0.4, 0.5) is 0 Å². The summed E-state index contributed by atoms with van der Waals surface area (Å²) in [6.45, 7) is 1.22. The lowest BCUT2D eigenvalue weighted by molar-refractivity contribution is 0.414. The Hall–Kier alpha value is -1.52. The molecule has 0 atom stereocenters. The summed E-state index contributed by atoms with van der Waals surface area (Å²) < 4.78 is 6.89. The summed E-state index contributed by atoms with van der Waals surface area (Å²) in [5.41, 5.74) is 7.63. The zero-order chi connectivity index (χ0) is 13.0. The number of benzene rings is 1. The number of aromatic nitrogens is 2. The molecule has 0 aliphatic heterocycles. The molecule has 0 spiro atoms. The maximum atomic E-state index is 6.23. The number of nitrogens with zero attached hydrogens (tertiary/aromatic N) is 2. The van der Waals surface area contributed by atoms with Crippen molar-refractivity contribution in [3.8, 4) is 5.75 Å². The minimum absolute atomic E-state index is 0.577. The quantitative estimate of drug-likeness (QED) is 0.901. The molecular weight excluding hydrogens is 250 g/mol. The van der Waals surface area contributed by atoms with E-state index in [4.69, 9.17) is 22.1 Å². The topological polar surface area (TPSA) is 53.1 Å². The van der Waals surface area contributed by atoms with Gasteiger partial charge in [-0.25, -0.2) is 4.68 Å². The highest BCUT2D eigenvalue weighted by Gasteiger charge is 2.08. The Kier molecular flexibility index (Phi) is 4.23. The molecule has 1 aromatic carbocycles. The molecule has 96 valence electrons. The summed E-state index contributed by atoms with van der Waals surface area (Å²) in [5, 5.41) is 4.93. The van der Waals surface area contributed by atoms with Crippen molar-refractivity contribution in [2.24, 2.45) is 5.73 Å². The number of hydrogen-bond acceptors (Lipinski definition) is 3. The Labute approximate surface area is 111 Å². The largest absolute Gasteiger partial charge is 0.497 e. The Morgan fingerprint density at radius 1 is 1.33 bits per heavy atom. The second-order valence-electron chi connectivity index (χ2n) is 4.01. The summed E-state index contributed by atoms with van der Waals surface area (Å²) in [5.74, 6) is 0.842. The van der Waals surface area contributed by atoms with Crippen molar-refractivity contribution in [1.29, 1.82) is 0 Å². The van der Waals surface area contributed by atoms with Crippen LogP contribution < -0.4 is 10.5 Å². The third kappa shape index (κ3) is 2.83. The van der Waals surface area contributed by atoms with Gasteiger partial charge in [0.2, 0.25) is 0 Å². The van der Waals surface area contributed by atoms with Crippen LogP contribution in [0.3, 0.4) is 0 Å². The number of hydrogen-bond donors (Lipinski definition) is 1. The second-order valence-corrected chi connectivity index (χ2v) is 4.36. The minimum Gasteiger partial charge on any atom is -0.497 e. The lowest BCUT2D eigenvalue weighted by atomic mass is 10.2. The maximum absolute atomic E-state index is 6.23. The first-order valence-corrected chi connectivity index (χ1v) is 6.15. The van der Waals surface area contributed by atoms with E-state index >= 15 is 0 Å². The molecule has 2 rings (SSSR count). The number of ether oxygens (including phenoxy) is 1.